The molecule has 6 heteroatoms. The number of H-pyrrole nitrogens is 1. The highest BCUT2D eigenvalue weighted by molar-refractivity contribution is 7.84. The van der Waals surface area contributed by atoms with E-state index in [9.17, 15) is 0 Å². The maximum absolute atomic E-state index is 5.58. The number of imidazole rings is 1. The molecule has 0 fully saturated rings. The van der Waals surface area contributed by atoms with Crippen molar-refractivity contribution in [3.8, 4) is 11.7 Å². The Morgan fingerprint density at radius 2 is 1.81 bits per heavy atom. The fraction of sp³-hybridized carbons (Fsp3) is 0.520. The van der Waals surface area contributed by atoms with Crippen molar-refractivity contribution >= 4 is 36.3 Å². The standard InChI is InChI=1S/C25H33N3OS2/c1-15-21(11-16(31)14-30)28(10-7-22(15)29-6)23-26-19-12-17-18(13-20(19)27-23)25(4,5)9-8-24(17,2)3/h7,10,12-13,16H,8-9,11,14H2,1-6H3,(H2-,26,27,30,31)/p+1. The van der Waals surface area contributed by atoms with Crippen LogP contribution in [0.4, 0.5) is 0 Å². The summed E-state index contributed by atoms with van der Waals surface area (Å²) in [7, 11) is 1.71. The van der Waals surface area contributed by atoms with Crippen molar-refractivity contribution in [3.05, 3.63) is 46.8 Å². The van der Waals surface area contributed by atoms with Crippen molar-refractivity contribution in [1.29, 1.82) is 0 Å². The fourth-order valence-corrected chi connectivity index (χ4v) is 5.11. The van der Waals surface area contributed by atoms with Gasteiger partial charge >= 0.3 is 5.95 Å². The Morgan fingerprint density at radius 1 is 1.16 bits per heavy atom. The minimum atomic E-state index is 0.152. The molecular weight excluding hydrogens is 422 g/mol. The molecule has 0 amide bonds. The van der Waals surface area contributed by atoms with E-state index < -0.39 is 0 Å². The summed E-state index contributed by atoms with van der Waals surface area (Å²) in [5.41, 5.74) is 7.55. The lowest BCUT2D eigenvalue weighted by Crippen LogP contribution is -2.39. The van der Waals surface area contributed by atoms with Crippen molar-refractivity contribution < 1.29 is 9.30 Å². The van der Waals surface area contributed by atoms with E-state index in [0.29, 0.717) is 5.75 Å². The van der Waals surface area contributed by atoms with Crippen molar-refractivity contribution in [2.45, 2.75) is 70.0 Å². The van der Waals surface area contributed by atoms with Gasteiger partial charge in [0, 0.05) is 29.1 Å². The van der Waals surface area contributed by atoms with E-state index in [1.54, 1.807) is 7.11 Å². The van der Waals surface area contributed by atoms with Crippen LogP contribution in [0.25, 0.3) is 17.0 Å². The number of aromatic nitrogens is 3. The second-order valence-electron chi connectivity index (χ2n) is 10.1. The number of benzene rings is 1. The average Bonchev–Trinajstić information content (AvgIpc) is 3.15. The monoisotopic (exact) mass is 456 g/mol. The van der Waals surface area contributed by atoms with E-state index >= 15 is 0 Å². The van der Waals surface area contributed by atoms with Crippen LogP contribution >= 0.6 is 25.3 Å². The van der Waals surface area contributed by atoms with Crippen molar-refractivity contribution in [3.63, 3.8) is 0 Å². The van der Waals surface area contributed by atoms with Crippen LogP contribution in [0.1, 0.15) is 62.9 Å². The number of ether oxygens (including phenoxy) is 1. The third-order valence-corrected chi connectivity index (χ3v) is 8.09. The van der Waals surface area contributed by atoms with Crippen LogP contribution in [0, 0.1) is 6.92 Å². The van der Waals surface area contributed by atoms with Gasteiger partial charge in [-0.15, -0.1) is 0 Å². The van der Waals surface area contributed by atoms with E-state index in [1.165, 1.54) is 24.0 Å². The predicted molar refractivity (Wildman–Crippen MR) is 135 cm³/mol. The van der Waals surface area contributed by atoms with Crippen LogP contribution in [0.5, 0.6) is 5.75 Å². The summed E-state index contributed by atoms with van der Waals surface area (Å²) in [5.74, 6) is 2.41. The number of aromatic amines is 1. The smallest absolute Gasteiger partial charge is 0.402 e. The molecule has 0 aliphatic heterocycles. The Bertz CT molecular complexity index is 1080. The number of hydrogen-bond acceptors (Lipinski definition) is 4. The SMILES string of the molecule is COc1cc[n+](-c2nc3cc4c(cc3[nH]2)C(C)(C)CCC4(C)C)c(CC(S)CS)c1C. The number of methoxy groups -OCH3 is 1. The minimum Gasteiger partial charge on any atom is -0.496 e. The summed E-state index contributed by atoms with van der Waals surface area (Å²) < 4.78 is 7.71. The van der Waals surface area contributed by atoms with Gasteiger partial charge in [-0.25, -0.2) is 9.55 Å². The Morgan fingerprint density at radius 3 is 2.42 bits per heavy atom. The first-order valence-electron chi connectivity index (χ1n) is 11.0. The molecule has 1 N–H and O–H groups in total. The quantitative estimate of drug-likeness (QED) is 0.361. The molecule has 0 spiro atoms. The summed E-state index contributed by atoms with van der Waals surface area (Å²) in [5, 5.41) is 0.152. The van der Waals surface area contributed by atoms with Gasteiger partial charge in [0.25, 0.3) is 0 Å². The van der Waals surface area contributed by atoms with Gasteiger partial charge in [-0.05, 0) is 53.9 Å². The molecule has 0 radical (unpaired) electrons. The predicted octanol–water partition coefficient (Wildman–Crippen LogP) is 5.28. The molecule has 0 saturated heterocycles. The Labute approximate surface area is 196 Å². The van der Waals surface area contributed by atoms with Gasteiger partial charge in [0.1, 0.15) is 11.3 Å². The van der Waals surface area contributed by atoms with Crippen molar-refractivity contribution in [2.75, 3.05) is 12.9 Å². The summed E-state index contributed by atoms with van der Waals surface area (Å²) in [4.78, 5) is 8.61. The molecule has 1 aliphatic rings. The highest BCUT2D eigenvalue weighted by atomic mass is 32.1. The van der Waals surface area contributed by atoms with E-state index in [1.807, 2.05) is 12.3 Å². The van der Waals surface area contributed by atoms with E-state index in [4.69, 9.17) is 22.3 Å². The van der Waals surface area contributed by atoms with Crippen molar-refractivity contribution in [1.82, 2.24) is 9.97 Å². The maximum Gasteiger partial charge on any atom is 0.402 e. The average molecular weight is 457 g/mol. The highest BCUT2D eigenvalue weighted by Crippen LogP contribution is 2.46. The molecular formula is C25H34N3OS2+. The minimum absolute atomic E-state index is 0.152. The lowest BCUT2D eigenvalue weighted by molar-refractivity contribution is -0.612. The van der Waals surface area contributed by atoms with Crippen LogP contribution in [-0.4, -0.2) is 28.1 Å². The summed E-state index contributed by atoms with van der Waals surface area (Å²) in [6.45, 7) is 11.5. The van der Waals surface area contributed by atoms with Gasteiger partial charge < -0.3 is 4.74 Å². The highest BCUT2D eigenvalue weighted by Gasteiger charge is 2.38. The number of rotatable bonds is 5. The second-order valence-corrected chi connectivity index (χ2v) is 11.2. The third kappa shape index (κ3) is 3.97. The van der Waals surface area contributed by atoms with Crippen LogP contribution in [-0.2, 0) is 17.3 Å². The number of pyridine rings is 1. The van der Waals surface area contributed by atoms with E-state index in [-0.39, 0.29) is 16.1 Å². The molecule has 2 heterocycles. The van der Waals surface area contributed by atoms with Gasteiger partial charge in [0.15, 0.2) is 5.52 Å². The molecule has 4 nitrogen and oxygen atoms in total. The first-order chi connectivity index (χ1) is 14.6. The van der Waals surface area contributed by atoms with Crippen LogP contribution in [0.15, 0.2) is 24.4 Å². The third-order valence-electron chi connectivity index (χ3n) is 7.00. The van der Waals surface area contributed by atoms with Gasteiger partial charge in [0.05, 0.1) is 19.0 Å². The Hall–Kier alpha value is -1.66. The van der Waals surface area contributed by atoms with Gasteiger partial charge in [-0.3, -0.25) is 0 Å². The van der Waals surface area contributed by atoms with Gasteiger partial charge in [0.2, 0.25) is 0 Å². The molecule has 2 aromatic heterocycles. The first-order valence-corrected chi connectivity index (χ1v) is 12.1. The number of thiol groups is 2. The summed E-state index contributed by atoms with van der Waals surface area (Å²) in [6, 6.07) is 6.63. The molecule has 3 aromatic rings. The normalized spacial score (nSPS) is 18.1. The van der Waals surface area contributed by atoms with Crippen LogP contribution < -0.4 is 9.30 Å². The largest absolute Gasteiger partial charge is 0.496 e. The zero-order chi connectivity index (χ0) is 22.6. The lowest BCUT2D eigenvalue weighted by Gasteiger charge is -2.41. The maximum atomic E-state index is 5.58. The van der Waals surface area contributed by atoms with Crippen molar-refractivity contribution in [2.24, 2.45) is 0 Å². The van der Waals surface area contributed by atoms with E-state index in [0.717, 1.165) is 40.4 Å². The number of hydrogen-bond donors (Lipinski definition) is 3. The zero-order valence-electron chi connectivity index (χ0n) is 19.4. The molecule has 1 atom stereocenters. The topological polar surface area (TPSA) is 41.8 Å². The van der Waals surface area contributed by atoms with Crippen LogP contribution in [0.2, 0.25) is 0 Å². The zero-order valence-corrected chi connectivity index (χ0v) is 21.2. The van der Waals surface area contributed by atoms with Gasteiger partial charge in [-0.2, -0.15) is 25.3 Å². The molecule has 1 unspecified atom stereocenters. The molecule has 0 saturated carbocycles. The molecule has 4 rings (SSSR count). The molecule has 31 heavy (non-hydrogen) atoms. The molecule has 0 bridgehead atoms. The number of nitrogens with zero attached hydrogens (tertiary/aromatic N) is 2. The summed E-state index contributed by atoms with van der Waals surface area (Å²) in [6.07, 6.45) is 5.21. The number of nitrogens with one attached hydrogen (secondary N) is 1. The fourth-order valence-electron chi connectivity index (χ4n) is 4.81. The molecule has 1 aromatic carbocycles. The Kier molecular flexibility index (Phi) is 5.84. The van der Waals surface area contributed by atoms with Gasteiger partial charge in [-0.1, -0.05) is 32.7 Å². The molecule has 166 valence electrons. The number of fused-ring (bicyclic) bond motifs is 2. The van der Waals surface area contributed by atoms with E-state index in [2.05, 4.69) is 68.9 Å². The first kappa shape index (κ1) is 22.5. The Balaban J connectivity index is 1.89. The lowest BCUT2D eigenvalue weighted by atomic mass is 9.63. The molecule has 1 aliphatic carbocycles. The summed E-state index contributed by atoms with van der Waals surface area (Å²) >= 11 is 9.13. The second kappa shape index (κ2) is 8.04. The van der Waals surface area contributed by atoms with Crippen LogP contribution in [0.3, 0.4) is 0 Å².